The minimum Gasteiger partial charge on any atom is -0.457 e. The number of aryl methyl sites for hydroxylation is 1. The van der Waals surface area contributed by atoms with Gasteiger partial charge in [-0.25, -0.2) is 0 Å². The topological polar surface area (TPSA) is 60.3 Å². The number of nitrogens with two attached hydrogens (primary N) is 1. The van der Waals surface area contributed by atoms with Gasteiger partial charge in [0.25, 0.3) is 0 Å². The van der Waals surface area contributed by atoms with E-state index < -0.39 is 0 Å². The number of epoxide rings is 2. The molecular weight excluding hydrogens is 302 g/mol. The van der Waals surface area contributed by atoms with E-state index in [1.54, 1.807) is 0 Å². The molecule has 2 aliphatic heterocycles. The number of hydrogen-bond acceptors (Lipinski definition) is 4. The monoisotopic (exact) mass is 325 g/mol. The van der Waals surface area contributed by atoms with Crippen LogP contribution in [0.3, 0.4) is 0 Å². The molecule has 2 aliphatic rings. The molecule has 2 aromatic rings. The molecule has 4 nitrogen and oxygen atoms in total. The second-order valence-electron chi connectivity index (χ2n) is 6.53. The summed E-state index contributed by atoms with van der Waals surface area (Å²) < 4.78 is 17.1. The van der Waals surface area contributed by atoms with Crippen molar-refractivity contribution in [1.82, 2.24) is 0 Å². The van der Waals surface area contributed by atoms with Gasteiger partial charge in [0.05, 0.1) is 25.4 Å². The number of hydrogen-bond donors (Lipinski definition) is 1. The van der Waals surface area contributed by atoms with E-state index in [1.165, 1.54) is 5.56 Å². The summed E-state index contributed by atoms with van der Waals surface area (Å²) in [5.41, 5.74) is 10.6. The molecule has 2 saturated heterocycles. The van der Waals surface area contributed by atoms with Crippen LogP contribution in [0.15, 0.2) is 36.4 Å². The van der Waals surface area contributed by atoms with Gasteiger partial charge in [-0.1, -0.05) is 19.1 Å². The van der Waals surface area contributed by atoms with Crippen molar-refractivity contribution in [3.05, 3.63) is 53.1 Å². The van der Waals surface area contributed by atoms with Crippen molar-refractivity contribution in [3.63, 3.8) is 0 Å². The maximum atomic E-state index is 6.25. The molecule has 2 unspecified atom stereocenters. The molecule has 2 aromatic carbocycles. The Hall–Kier alpha value is -2.04. The van der Waals surface area contributed by atoms with Crippen molar-refractivity contribution in [3.8, 4) is 11.5 Å². The Morgan fingerprint density at radius 3 is 2.42 bits per heavy atom. The fourth-order valence-corrected chi connectivity index (χ4v) is 3.03. The summed E-state index contributed by atoms with van der Waals surface area (Å²) >= 11 is 0. The second kappa shape index (κ2) is 6.46. The number of anilines is 1. The molecule has 0 spiro atoms. The molecule has 0 saturated carbocycles. The molecule has 4 heteroatoms. The van der Waals surface area contributed by atoms with Crippen LogP contribution >= 0.6 is 0 Å². The number of nitrogen functional groups attached to an aromatic ring is 1. The smallest absolute Gasteiger partial charge is 0.131 e. The molecule has 2 N–H and O–H groups in total. The van der Waals surface area contributed by atoms with Crippen molar-refractivity contribution in [2.75, 3.05) is 18.9 Å². The molecule has 0 amide bonds. The summed E-state index contributed by atoms with van der Waals surface area (Å²) in [7, 11) is 0. The molecule has 2 fully saturated rings. The maximum Gasteiger partial charge on any atom is 0.131 e. The Labute approximate surface area is 142 Å². The molecule has 126 valence electrons. The van der Waals surface area contributed by atoms with Gasteiger partial charge in [-0.05, 0) is 41.8 Å². The molecule has 2 heterocycles. The molecule has 24 heavy (non-hydrogen) atoms. The zero-order valence-electron chi connectivity index (χ0n) is 14.0. The third kappa shape index (κ3) is 3.55. The highest BCUT2D eigenvalue weighted by atomic mass is 16.6. The summed E-state index contributed by atoms with van der Waals surface area (Å²) in [6.07, 6.45) is 3.27. The van der Waals surface area contributed by atoms with Crippen molar-refractivity contribution in [2.45, 2.75) is 38.4 Å². The van der Waals surface area contributed by atoms with Gasteiger partial charge >= 0.3 is 0 Å². The first-order valence-electron chi connectivity index (χ1n) is 8.63. The maximum absolute atomic E-state index is 6.25. The highest BCUT2D eigenvalue weighted by molar-refractivity contribution is 5.58. The Morgan fingerprint density at radius 1 is 1.04 bits per heavy atom. The Bertz CT molecular complexity index is 736. The van der Waals surface area contributed by atoms with Crippen LogP contribution in [0.4, 0.5) is 5.69 Å². The van der Waals surface area contributed by atoms with Crippen LogP contribution in [0.5, 0.6) is 11.5 Å². The van der Waals surface area contributed by atoms with E-state index in [0.717, 1.165) is 60.8 Å². The number of benzene rings is 2. The van der Waals surface area contributed by atoms with Crippen LogP contribution in [-0.2, 0) is 28.7 Å². The van der Waals surface area contributed by atoms with E-state index in [4.69, 9.17) is 19.9 Å². The van der Waals surface area contributed by atoms with Crippen LogP contribution in [-0.4, -0.2) is 25.4 Å². The third-order valence-electron chi connectivity index (χ3n) is 4.63. The first-order valence-corrected chi connectivity index (χ1v) is 8.63. The van der Waals surface area contributed by atoms with Gasteiger partial charge in [0, 0.05) is 24.1 Å². The highest BCUT2D eigenvalue weighted by Crippen LogP contribution is 2.36. The van der Waals surface area contributed by atoms with E-state index >= 15 is 0 Å². The Morgan fingerprint density at radius 2 is 1.75 bits per heavy atom. The molecular formula is C20H23NO3. The lowest BCUT2D eigenvalue weighted by Crippen LogP contribution is -2.08. The zero-order chi connectivity index (χ0) is 16.5. The lowest BCUT2D eigenvalue weighted by Gasteiger charge is -2.17. The van der Waals surface area contributed by atoms with Crippen molar-refractivity contribution < 1.29 is 14.2 Å². The van der Waals surface area contributed by atoms with Gasteiger partial charge in [0.15, 0.2) is 0 Å². The quantitative estimate of drug-likeness (QED) is 0.625. The zero-order valence-corrected chi connectivity index (χ0v) is 14.0. The van der Waals surface area contributed by atoms with Crippen LogP contribution in [0.1, 0.15) is 23.6 Å². The Balaban J connectivity index is 1.67. The molecule has 0 bridgehead atoms. The number of ether oxygens (including phenoxy) is 3. The van der Waals surface area contributed by atoms with Crippen molar-refractivity contribution in [2.24, 2.45) is 0 Å². The summed E-state index contributed by atoms with van der Waals surface area (Å²) in [4.78, 5) is 0. The lowest BCUT2D eigenvalue weighted by atomic mass is 9.96. The molecule has 2 atom stereocenters. The normalized spacial score (nSPS) is 21.5. The van der Waals surface area contributed by atoms with Crippen LogP contribution in [0.25, 0.3) is 0 Å². The van der Waals surface area contributed by atoms with Gasteiger partial charge in [-0.2, -0.15) is 0 Å². The largest absolute Gasteiger partial charge is 0.457 e. The summed E-state index contributed by atoms with van der Waals surface area (Å²) in [5.74, 6) is 1.74. The third-order valence-corrected chi connectivity index (χ3v) is 4.63. The second-order valence-corrected chi connectivity index (χ2v) is 6.53. The van der Waals surface area contributed by atoms with Gasteiger partial charge in [-0.3, -0.25) is 0 Å². The summed E-state index contributed by atoms with van der Waals surface area (Å²) in [5, 5.41) is 0. The first kappa shape index (κ1) is 15.5. The van der Waals surface area contributed by atoms with E-state index in [1.807, 2.05) is 24.3 Å². The van der Waals surface area contributed by atoms with E-state index in [9.17, 15) is 0 Å². The standard InChI is InChI=1S/C20H23NO3/c1-2-13-4-3-5-14(8-13)24-20-7-6-19(21)17(9-15-11-22-15)18(20)10-16-12-23-16/h3-8,15-16H,2,9-12,21H2,1H3. The molecule has 4 rings (SSSR count). The van der Waals surface area contributed by atoms with Crippen LogP contribution in [0.2, 0.25) is 0 Å². The molecule has 0 aliphatic carbocycles. The van der Waals surface area contributed by atoms with E-state index in [0.29, 0.717) is 6.10 Å². The molecule has 0 radical (unpaired) electrons. The molecule has 0 aromatic heterocycles. The minimum absolute atomic E-state index is 0.287. The minimum atomic E-state index is 0.287. The average Bonchev–Trinajstić information content (AvgIpc) is 3.49. The summed E-state index contributed by atoms with van der Waals surface area (Å²) in [6.45, 7) is 3.79. The van der Waals surface area contributed by atoms with Gasteiger partial charge in [-0.15, -0.1) is 0 Å². The highest BCUT2D eigenvalue weighted by Gasteiger charge is 2.30. The van der Waals surface area contributed by atoms with Crippen LogP contribution < -0.4 is 10.5 Å². The van der Waals surface area contributed by atoms with E-state index in [2.05, 4.69) is 19.1 Å². The van der Waals surface area contributed by atoms with Gasteiger partial charge in [0.2, 0.25) is 0 Å². The van der Waals surface area contributed by atoms with Gasteiger partial charge in [0.1, 0.15) is 11.5 Å². The fourth-order valence-electron chi connectivity index (χ4n) is 3.03. The van der Waals surface area contributed by atoms with Crippen molar-refractivity contribution >= 4 is 5.69 Å². The Kier molecular flexibility index (Phi) is 4.17. The SMILES string of the molecule is CCc1cccc(Oc2ccc(N)c(CC3CO3)c2CC2CO2)c1. The van der Waals surface area contributed by atoms with Gasteiger partial charge < -0.3 is 19.9 Å². The first-order chi connectivity index (χ1) is 11.7. The summed E-state index contributed by atoms with van der Waals surface area (Å²) in [6, 6.07) is 12.2. The number of rotatable bonds is 7. The lowest BCUT2D eigenvalue weighted by molar-refractivity contribution is 0.397. The van der Waals surface area contributed by atoms with Crippen molar-refractivity contribution in [1.29, 1.82) is 0 Å². The predicted molar refractivity (Wildman–Crippen MR) is 93.6 cm³/mol. The fraction of sp³-hybridized carbons (Fsp3) is 0.400. The average molecular weight is 325 g/mol. The van der Waals surface area contributed by atoms with E-state index in [-0.39, 0.29) is 6.10 Å². The van der Waals surface area contributed by atoms with Crippen LogP contribution in [0, 0.1) is 0 Å². The predicted octanol–water partition coefficient (Wildman–Crippen LogP) is 3.51.